The van der Waals surface area contributed by atoms with Gasteiger partial charge in [-0.3, -0.25) is 9.59 Å². The van der Waals surface area contributed by atoms with Crippen LogP contribution >= 0.6 is 11.3 Å². The van der Waals surface area contributed by atoms with Crippen LogP contribution in [0.4, 0.5) is 0 Å². The molecule has 0 bridgehead atoms. The van der Waals surface area contributed by atoms with Gasteiger partial charge in [0.2, 0.25) is 5.91 Å². The Kier molecular flexibility index (Phi) is 6.65. The summed E-state index contributed by atoms with van der Waals surface area (Å²) in [4.78, 5) is 23.9. The van der Waals surface area contributed by atoms with Crippen molar-refractivity contribution in [2.45, 2.75) is 39.5 Å². The first-order valence-electron chi connectivity index (χ1n) is 6.43. The van der Waals surface area contributed by atoms with Crippen LogP contribution in [-0.4, -0.2) is 18.2 Å². The summed E-state index contributed by atoms with van der Waals surface area (Å²) in [5.74, 6) is 0.702. The van der Waals surface area contributed by atoms with Crippen molar-refractivity contribution < 1.29 is 9.59 Å². The lowest BCUT2D eigenvalue weighted by atomic mass is 10.1. The van der Waals surface area contributed by atoms with Gasteiger partial charge < -0.3 is 5.32 Å². The van der Waals surface area contributed by atoms with Gasteiger partial charge in [-0.15, -0.1) is 11.3 Å². The summed E-state index contributed by atoms with van der Waals surface area (Å²) in [6.45, 7) is 5.05. The molecule has 1 aromatic heterocycles. The lowest BCUT2D eigenvalue weighted by molar-refractivity contribution is -0.121. The van der Waals surface area contributed by atoms with Crippen molar-refractivity contribution in [3.63, 3.8) is 0 Å². The second-order valence-electron chi connectivity index (χ2n) is 4.79. The van der Waals surface area contributed by atoms with E-state index < -0.39 is 0 Å². The SMILES string of the molecule is CC(C)CCCNC(=O)CCC(=O)c1cccs1. The van der Waals surface area contributed by atoms with Crippen LogP contribution in [0.1, 0.15) is 49.2 Å². The first-order valence-corrected chi connectivity index (χ1v) is 7.31. The molecule has 0 saturated carbocycles. The maximum Gasteiger partial charge on any atom is 0.220 e. The van der Waals surface area contributed by atoms with Crippen LogP contribution in [0.3, 0.4) is 0 Å². The molecule has 1 N–H and O–H groups in total. The van der Waals surface area contributed by atoms with Crippen molar-refractivity contribution in [2.75, 3.05) is 6.54 Å². The Hall–Kier alpha value is -1.16. The number of amides is 1. The quantitative estimate of drug-likeness (QED) is 0.580. The highest BCUT2D eigenvalue weighted by Gasteiger charge is 2.09. The van der Waals surface area contributed by atoms with Gasteiger partial charge in [-0.25, -0.2) is 0 Å². The Morgan fingerprint density at radius 3 is 2.72 bits per heavy atom. The van der Waals surface area contributed by atoms with E-state index in [9.17, 15) is 9.59 Å². The van der Waals surface area contributed by atoms with E-state index in [0.717, 1.165) is 17.7 Å². The van der Waals surface area contributed by atoms with Crippen molar-refractivity contribution in [3.8, 4) is 0 Å². The highest BCUT2D eigenvalue weighted by molar-refractivity contribution is 7.12. The maximum absolute atomic E-state index is 11.7. The van der Waals surface area contributed by atoms with Crippen LogP contribution in [0.15, 0.2) is 17.5 Å². The summed E-state index contributed by atoms with van der Waals surface area (Å²) in [5.41, 5.74) is 0. The standard InChI is InChI=1S/C14H21NO2S/c1-11(2)5-3-9-15-14(17)8-7-12(16)13-6-4-10-18-13/h4,6,10-11H,3,5,7-9H2,1-2H3,(H,15,17). The number of carbonyl (C=O) groups excluding carboxylic acids is 2. The van der Waals surface area contributed by atoms with Crippen molar-refractivity contribution >= 4 is 23.0 Å². The largest absolute Gasteiger partial charge is 0.356 e. The second kappa shape index (κ2) is 8.03. The van der Waals surface area contributed by atoms with Crippen LogP contribution in [-0.2, 0) is 4.79 Å². The second-order valence-corrected chi connectivity index (χ2v) is 5.73. The molecule has 1 aromatic rings. The summed E-state index contributed by atoms with van der Waals surface area (Å²) < 4.78 is 0. The molecule has 0 aliphatic rings. The Balaban J connectivity index is 2.12. The zero-order valence-corrected chi connectivity index (χ0v) is 11.9. The number of hydrogen-bond acceptors (Lipinski definition) is 3. The van der Waals surface area contributed by atoms with Crippen molar-refractivity contribution in [2.24, 2.45) is 5.92 Å². The summed E-state index contributed by atoms with van der Waals surface area (Å²) in [7, 11) is 0. The molecular weight excluding hydrogens is 246 g/mol. The van der Waals surface area contributed by atoms with Crippen LogP contribution in [0.2, 0.25) is 0 Å². The van der Waals surface area contributed by atoms with E-state index in [1.807, 2.05) is 11.4 Å². The highest BCUT2D eigenvalue weighted by Crippen LogP contribution is 2.12. The summed E-state index contributed by atoms with van der Waals surface area (Å²) in [6, 6.07) is 3.65. The molecule has 0 unspecified atom stereocenters. The van der Waals surface area contributed by atoms with E-state index in [0.29, 0.717) is 25.3 Å². The van der Waals surface area contributed by atoms with Gasteiger partial charge in [-0.1, -0.05) is 19.9 Å². The number of thiophene rings is 1. The molecule has 0 atom stereocenters. The number of hydrogen-bond donors (Lipinski definition) is 1. The normalized spacial score (nSPS) is 10.6. The van der Waals surface area contributed by atoms with Gasteiger partial charge >= 0.3 is 0 Å². The predicted octanol–water partition coefficient (Wildman–Crippen LogP) is 3.26. The van der Waals surface area contributed by atoms with Crippen LogP contribution in [0, 0.1) is 5.92 Å². The molecule has 0 aromatic carbocycles. The maximum atomic E-state index is 11.7. The van der Waals surface area contributed by atoms with E-state index >= 15 is 0 Å². The Morgan fingerprint density at radius 2 is 2.11 bits per heavy atom. The molecular formula is C14H21NO2S. The molecule has 0 fully saturated rings. The molecule has 0 radical (unpaired) electrons. The summed E-state index contributed by atoms with van der Waals surface area (Å²) >= 11 is 1.43. The average molecular weight is 267 g/mol. The fourth-order valence-electron chi connectivity index (χ4n) is 1.61. The fourth-order valence-corrected chi connectivity index (χ4v) is 2.31. The molecule has 3 nitrogen and oxygen atoms in total. The summed E-state index contributed by atoms with van der Waals surface area (Å²) in [5, 5.41) is 4.73. The van der Waals surface area contributed by atoms with Gasteiger partial charge in [0.25, 0.3) is 0 Å². The molecule has 0 spiro atoms. The van der Waals surface area contributed by atoms with E-state index in [2.05, 4.69) is 19.2 Å². The van der Waals surface area contributed by atoms with Gasteiger partial charge in [-0.2, -0.15) is 0 Å². The van der Waals surface area contributed by atoms with E-state index in [4.69, 9.17) is 0 Å². The lowest BCUT2D eigenvalue weighted by Gasteiger charge is -2.06. The lowest BCUT2D eigenvalue weighted by Crippen LogP contribution is -2.25. The number of Topliss-reactive ketones (excluding diaryl/α,β-unsaturated/α-hetero) is 1. The molecule has 100 valence electrons. The van der Waals surface area contributed by atoms with Crippen molar-refractivity contribution in [1.29, 1.82) is 0 Å². The molecule has 0 aliphatic heterocycles. The van der Waals surface area contributed by atoms with Crippen LogP contribution in [0.5, 0.6) is 0 Å². The zero-order chi connectivity index (χ0) is 13.4. The van der Waals surface area contributed by atoms with Crippen LogP contribution < -0.4 is 5.32 Å². The number of ketones is 1. The smallest absolute Gasteiger partial charge is 0.220 e. The fraction of sp³-hybridized carbons (Fsp3) is 0.571. The number of nitrogens with one attached hydrogen (secondary N) is 1. The zero-order valence-electron chi connectivity index (χ0n) is 11.1. The topological polar surface area (TPSA) is 46.2 Å². The minimum absolute atomic E-state index is 0.0244. The molecule has 1 amide bonds. The van der Waals surface area contributed by atoms with Gasteiger partial charge in [0.05, 0.1) is 4.88 Å². The molecule has 0 saturated heterocycles. The van der Waals surface area contributed by atoms with Gasteiger partial charge in [0.15, 0.2) is 5.78 Å². The molecule has 1 heterocycles. The van der Waals surface area contributed by atoms with Gasteiger partial charge in [0, 0.05) is 19.4 Å². The minimum Gasteiger partial charge on any atom is -0.356 e. The third kappa shape index (κ3) is 5.96. The highest BCUT2D eigenvalue weighted by atomic mass is 32.1. The van der Waals surface area contributed by atoms with Gasteiger partial charge in [0.1, 0.15) is 0 Å². The molecule has 0 aliphatic carbocycles. The average Bonchev–Trinajstić information content (AvgIpc) is 2.85. The third-order valence-corrected chi connectivity index (χ3v) is 3.57. The molecule has 1 rings (SSSR count). The molecule has 18 heavy (non-hydrogen) atoms. The van der Waals surface area contributed by atoms with Crippen molar-refractivity contribution in [1.82, 2.24) is 5.32 Å². The van der Waals surface area contributed by atoms with Gasteiger partial charge in [-0.05, 0) is 30.2 Å². The molecule has 4 heteroatoms. The van der Waals surface area contributed by atoms with Crippen LogP contribution in [0.25, 0.3) is 0 Å². The summed E-state index contributed by atoms with van der Waals surface area (Å²) in [6.07, 6.45) is 2.71. The predicted molar refractivity (Wildman–Crippen MR) is 75.0 cm³/mol. The Labute approximate surface area is 113 Å². The number of carbonyl (C=O) groups is 2. The van der Waals surface area contributed by atoms with Crippen molar-refractivity contribution in [3.05, 3.63) is 22.4 Å². The minimum atomic E-state index is -0.0244. The van der Waals surface area contributed by atoms with E-state index in [-0.39, 0.29) is 11.7 Å². The number of rotatable bonds is 8. The third-order valence-electron chi connectivity index (χ3n) is 2.66. The van der Waals surface area contributed by atoms with E-state index in [1.54, 1.807) is 6.07 Å². The van der Waals surface area contributed by atoms with E-state index in [1.165, 1.54) is 11.3 Å². The Bertz CT molecular complexity index is 371. The monoisotopic (exact) mass is 267 g/mol. The first-order chi connectivity index (χ1) is 8.59. The first kappa shape index (κ1) is 14.9. The Morgan fingerprint density at radius 1 is 1.33 bits per heavy atom.